The molecule has 0 radical (unpaired) electrons. The third kappa shape index (κ3) is 10.4. The molecule has 46 heavy (non-hydrogen) atoms. The van der Waals surface area contributed by atoms with E-state index in [0.29, 0.717) is 37.3 Å². The topological polar surface area (TPSA) is 139 Å². The van der Waals surface area contributed by atoms with E-state index in [0.717, 1.165) is 35.4 Å². The number of nitrogens with one attached hydrogen (secondary N) is 2. The Kier molecular flexibility index (Phi) is 11.5. The van der Waals surface area contributed by atoms with Gasteiger partial charge >= 0.3 is 24.3 Å². The SMILES string of the molecule is O=C(O)c1cc(NCCc2ccc(C(F)(F)F)cc2)ccc1O.O=C(O)c1cc(NCCc2ccc(C(F)(F)F)cc2)ccc1O. The molecule has 0 aromatic heterocycles. The van der Waals surface area contributed by atoms with Crippen LogP contribution in [0.15, 0.2) is 84.9 Å². The van der Waals surface area contributed by atoms with Gasteiger partial charge in [-0.2, -0.15) is 26.3 Å². The molecule has 8 nitrogen and oxygen atoms in total. The van der Waals surface area contributed by atoms with Gasteiger partial charge in [0.25, 0.3) is 0 Å². The van der Waals surface area contributed by atoms with Crippen LogP contribution in [0.2, 0.25) is 0 Å². The molecule has 4 aromatic rings. The summed E-state index contributed by atoms with van der Waals surface area (Å²) in [6, 6.07) is 17.9. The fraction of sp³-hybridized carbons (Fsp3) is 0.188. The van der Waals surface area contributed by atoms with E-state index in [1.807, 2.05) is 0 Å². The van der Waals surface area contributed by atoms with Gasteiger partial charge in [-0.25, -0.2) is 9.59 Å². The monoisotopic (exact) mass is 650 g/mol. The first-order valence-electron chi connectivity index (χ1n) is 13.5. The lowest BCUT2D eigenvalue weighted by atomic mass is 10.1. The van der Waals surface area contributed by atoms with E-state index in [2.05, 4.69) is 10.6 Å². The number of benzene rings is 4. The molecule has 244 valence electrons. The van der Waals surface area contributed by atoms with E-state index in [1.54, 1.807) is 0 Å². The van der Waals surface area contributed by atoms with Crippen LogP contribution in [0, 0.1) is 0 Å². The number of hydrogen-bond donors (Lipinski definition) is 6. The average molecular weight is 651 g/mol. The smallest absolute Gasteiger partial charge is 0.416 e. The van der Waals surface area contributed by atoms with Crippen molar-refractivity contribution < 1.29 is 56.4 Å². The number of phenols is 2. The average Bonchev–Trinajstić information content (AvgIpc) is 2.98. The Bertz CT molecular complexity index is 1520. The Morgan fingerprint density at radius 1 is 0.543 bits per heavy atom. The molecule has 0 aliphatic rings. The molecular weight excluding hydrogens is 622 g/mol. The van der Waals surface area contributed by atoms with Crippen LogP contribution in [0.25, 0.3) is 0 Å². The molecule has 0 fully saturated rings. The molecule has 0 atom stereocenters. The van der Waals surface area contributed by atoms with Crippen molar-refractivity contribution in [1.29, 1.82) is 0 Å². The Morgan fingerprint density at radius 3 is 1.15 bits per heavy atom. The standard InChI is InChI=1S/2C16H14F3NO3/c2*17-16(18,19)11-3-1-10(2-4-11)7-8-20-12-5-6-14(21)13(9-12)15(22)23/h2*1-6,9,20-21H,7-8H2,(H,22,23). The van der Waals surface area contributed by atoms with Gasteiger partial charge in [-0.05, 0) is 84.6 Å². The summed E-state index contributed by atoms with van der Waals surface area (Å²) < 4.78 is 74.7. The molecule has 0 unspecified atom stereocenters. The molecule has 4 rings (SSSR count). The van der Waals surface area contributed by atoms with Gasteiger partial charge in [-0.3, -0.25) is 0 Å². The lowest BCUT2D eigenvalue weighted by Gasteiger charge is -2.10. The maximum atomic E-state index is 12.4. The van der Waals surface area contributed by atoms with E-state index in [9.17, 15) is 46.1 Å². The number of alkyl halides is 6. The van der Waals surface area contributed by atoms with Gasteiger partial charge in [0, 0.05) is 24.5 Å². The number of halogens is 6. The fourth-order valence-electron chi connectivity index (χ4n) is 4.06. The minimum atomic E-state index is -4.35. The minimum absolute atomic E-state index is 0.218. The Hall–Kier alpha value is -5.40. The normalized spacial score (nSPS) is 11.3. The summed E-state index contributed by atoms with van der Waals surface area (Å²) in [4.78, 5) is 21.8. The van der Waals surface area contributed by atoms with Crippen molar-refractivity contribution in [3.05, 3.63) is 118 Å². The van der Waals surface area contributed by atoms with Crippen molar-refractivity contribution in [3.8, 4) is 11.5 Å². The summed E-state index contributed by atoms with van der Waals surface area (Å²) >= 11 is 0. The van der Waals surface area contributed by atoms with Crippen molar-refractivity contribution in [2.45, 2.75) is 25.2 Å². The zero-order valence-electron chi connectivity index (χ0n) is 23.8. The van der Waals surface area contributed by atoms with Crippen LogP contribution < -0.4 is 10.6 Å². The highest BCUT2D eigenvalue weighted by atomic mass is 19.4. The lowest BCUT2D eigenvalue weighted by molar-refractivity contribution is -0.138. The van der Waals surface area contributed by atoms with E-state index in [1.165, 1.54) is 60.7 Å². The van der Waals surface area contributed by atoms with Crippen molar-refractivity contribution >= 4 is 23.3 Å². The maximum absolute atomic E-state index is 12.4. The van der Waals surface area contributed by atoms with E-state index < -0.39 is 35.4 Å². The summed E-state index contributed by atoms with van der Waals surface area (Å²) in [5, 5.41) is 42.5. The third-order valence-electron chi connectivity index (χ3n) is 6.50. The lowest BCUT2D eigenvalue weighted by Crippen LogP contribution is -2.07. The first-order valence-corrected chi connectivity index (χ1v) is 13.5. The fourth-order valence-corrected chi connectivity index (χ4v) is 4.06. The highest BCUT2D eigenvalue weighted by Gasteiger charge is 2.30. The second-order valence-corrected chi connectivity index (χ2v) is 9.82. The molecule has 0 aliphatic carbocycles. The number of anilines is 2. The van der Waals surface area contributed by atoms with Crippen LogP contribution >= 0.6 is 0 Å². The third-order valence-corrected chi connectivity index (χ3v) is 6.50. The number of carboxylic acids is 2. The van der Waals surface area contributed by atoms with Crippen molar-refractivity contribution in [1.82, 2.24) is 0 Å². The zero-order valence-corrected chi connectivity index (χ0v) is 23.8. The molecule has 0 bridgehead atoms. The summed E-state index contributed by atoms with van der Waals surface area (Å²) in [7, 11) is 0. The molecule has 0 amide bonds. The zero-order chi connectivity index (χ0) is 34.1. The Labute approximate surface area is 258 Å². The maximum Gasteiger partial charge on any atom is 0.416 e. The number of aromatic hydroxyl groups is 2. The van der Waals surface area contributed by atoms with Crippen LogP contribution in [0.4, 0.5) is 37.7 Å². The van der Waals surface area contributed by atoms with Gasteiger partial charge < -0.3 is 31.1 Å². The van der Waals surface area contributed by atoms with Gasteiger partial charge in [0.05, 0.1) is 11.1 Å². The van der Waals surface area contributed by atoms with Gasteiger partial charge in [0.2, 0.25) is 0 Å². The molecule has 4 aromatic carbocycles. The predicted octanol–water partition coefficient (Wildman–Crippen LogP) is 7.53. The highest BCUT2D eigenvalue weighted by Crippen LogP contribution is 2.30. The second kappa shape index (κ2) is 15.1. The van der Waals surface area contributed by atoms with Gasteiger partial charge in [-0.15, -0.1) is 0 Å². The van der Waals surface area contributed by atoms with Crippen molar-refractivity contribution in [2.75, 3.05) is 23.7 Å². The summed E-state index contributed by atoms with van der Waals surface area (Å²) in [6.45, 7) is 0.824. The van der Waals surface area contributed by atoms with Gasteiger partial charge in [0.15, 0.2) is 0 Å². The summed E-state index contributed by atoms with van der Waals surface area (Å²) in [5.41, 5.74) is 0.636. The number of carbonyl (C=O) groups is 2. The van der Waals surface area contributed by atoms with Gasteiger partial charge in [-0.1, -0.05) is 24.3 Å². The summed E-state index contributed by atoms with van der Waals surface area (Å²) in [5.74, 6) is -3.14. The van der Waals surface area contributed by atoms with Gasteiger partial charge in [0.1, 0.15) is 22.6 Å². The van der Waals surface area contributed by atoms with E-state index >= 15 is 0 Å². The number of aromatic carboxylic acids is 2. The number of rotatable bonds is 10. The highest BCUT2D eigenvalue weighted by molar-refractivity contribution is 5.92. The molecule has 0 heterocycles. The molecule has 0 aliphatic heterocycles. The van der Waals surface area contributed by atoms with Crippen LogP contribution in [0.3, 0.4) is 0 Å². The van der Waals surface area contributed by atoms with Crippen LogP contribution in [0.5, 0.6) is 11.5 Å². The van der Waals surface area contributed by atoms with Crippen molar-refractivity contribution in [2.24, 2.45) is 0 Å². The van der Waals surface area contributed by atoms with E-state index in [-0.39, 0.29) is 22.6 Å². The molecule has 14 heteroatoms. The molecule has 0 saturated heterocycles. The number of carboxylic acid groups (broad SMARTS) is 2. The number of hydrogen-bond acceptors (Lipinski definition) is 6. The van der Waals surface area contributed by atoms with Crippen LogP contribution in [-0.2, 0) is 25.2 Å². The first-order chi connectivity index (χ1) is 21.5. The summed E-state index contributed by atoms with van der Waals surface area (Å²) in [6.07, 6.45) is -7.76. The molecule has 6 N–H and O–H groups in total. The Morgan fingerprint density at radius 2 is 0.870 bits per heavy atom. The van der Waals surface area contributed by atoms with E-state index in [4.69, 9.17) is 10.2 Å². The van der Waals surface area contributed by atoms with Crippen molar-refractivity contribution in [3.63, 3.8) is 0 Å². The molecule has 0 spiro atoms. The second-order valence-electron chi connectivity index (χ2n) is 9.82. The Balaban J connectivity index is 0.000000250. The molecule has 0 saturated carbocycles. The largest absolute Gasteiger partial charge is 0.507 e. The quantitative estimate of drug-likeness (QED) is 0.0765. The van der Waals surface area contributed by atoms with Crippen LogP contribution in [0.1, 0.15) is 43.0 Å². The predicted molar refractivity (Wildman–Crippen MR) is 157 cm³/mol. The first kappa shape index (κ1) is 35.1. The minimum Gasteiger partial charge on any atom is -0.507 e. The molecular formula is C32H28F6N2O6. The van der Waals surface area contributed by atoms with Crippen LogP contribution in [-0.4, -0.2) is 45.5 Å².